The minimum absolute atomic E-state index is 0.204. The summed E-state index contributed by atoms with van der Waals surface area (Å²) in [6.45, 7) is 5.37. The van der Waals surface area contributed by atoms with E-state index in [1.54, 1.807) is 0 Å². The Morgan fingerprint density at radius 1 is 1.13 bits per heavy atom. The highest BCUT2D eigenvalue weighted by Crippen LogP contribution is 2.21. The fraction of sp³-hybridized carbons (Fsp3) is 0.882. The molecule has 23 heavy (non-hydrogen) atoms. The number of likely N-dealkylation sites (N-methyl/N-ethyl adjacent to an activating group) is 1. The Morgan fingerprint density at radius 3 is 2.26 bits per heavy atom. The summed E-state index contributed by atoms with van der Waals surface area (Å²) in [5, 5.41) is 9.24. The molecule has 0 aromatic heterocycles. The Kier molecular flexibility index (Phi) is 6.84. The van der Waals surface area contributed by atoms with Crippen molar-refractivity contribution in [3.05, 3.63) is 0 Å². The van der Waals surface area contributed by atoms with Crippen molar-refractivity contribution in [2.75, 3.05) is 39.8 Å². The van der Waals surface area contributed by atoms with Gasteiger partial charge in [0.1, 0.15) is 6.04 Å². The van der Waals surface area contributed by atoms with Crippen LogP contribution in [-0.4, -0.2) is 83.5 Å². The van der Waals surface area contributed by atoms with Gasteiger partial charge in [-0.15, -0.1) is 0 Å². The number of piperazine rings is 1. The van der Waals surface area contributed by atoms with Crippen molar-refractivity contribution in [1.29, 1.82) is 0 Å². The first-order valence-electron chi connectivity index (χ1n) is 8.97. The fourth-order valence-corrected chi connectivity index (χ4v) is 3.80. The van der Waals surface area contributed by atoms with Gasteiger partial charge in [-0.2, -0.15) is 0 Å². The van der Waals surface area contributed by atoms with Crippen molar-refractivity contribution in [1.82, 2.24) is 14.7 Å². The number of hydrogen-bond donors (Lipinski definition) is 1. The highest BCUT2D eigenvalue weighted by molar-refractivity contribution is 5.78. The molecule has 1 heterocycles. The maximum Gasteiger partial charge on any atom is 0.320 e. The molecule has 6 heteroatoms. The van der Waals surface area contributed by atoms with Crippen molar-refractivity contribution >= 4 is 11.9 Å². The molecule has 0 aromatic carbocycles. The van der Waals surface area contributed by atoms with E-state index in [1.165, 1.54) is 19.3 Å². The standard InChI is InChI=1S/C17H31N3O3/c1-3-15(17(22)23)20-11-9-19(10-12-20)13-16(21)18(2)14-7-5-4-6-8-14/h14-15H,3-13H2,1-2H3,(H,22,23). The molecule has 1 saturated heterocycles. The quantitative estimate of drug-likeness (QED) is 0.796. The van der Waals surface area contributed by atoms with Gasteiger partial charge in [-0.05, 0) is 19.3 Å². The maximum atomic E-state index is 12.5. The maximum absolute atomic E-state index is 12.5. The highest BCUT2D eigenvalue weighted by atomic mass is 16.4. The molecule has 1 amide bonds. The molecule has 1 aliphatic heterocycles. The molecule has 1 unspecified atom stereocenters. The Bertz CT molecular complexity index is 402. The summed E-state index contributed by atoms with van der Waals surface area (Å²) in [7, 11) is 1.94. The zero-order chi connectivity index (χ0) is 16.8. The summed E-state index contributed by atoms with van der Waals surface area (Å²) < 4.78 is 0. The van der Waals surface area contributed by atoms with Gasteiger partial charge in [-0.3, -0.25) is 19.4 Å². The van der Waals surface area contributed by atoms with Crippen LogP contribution in [0.15, 0.2) is 0 Å². The molecule has 0 bridgehead atoms. The predicted octanol–water partition coefficient (Wildman–Crippen LogP) is 1.26. The van der Waals surface area contributed by atoms with Gasteiger partial charge < -0.3 is 10.0 Å². The summed E-state index contributed by atoms with van der Waals surface area (Å²) in [5.41, 5.74) is 0. The molecule has 2 aliphatic rings. The van der Waals surface area contributed by atoms with Crippen LogP contribution in [0.5, 0.6) is 0 Å². The first kappa shape index (κ1) is 18.2. The fourth-order valence-electron chi connectivity index (χ4n) is 3.80. The van der Waals surface area contributed by atoms with Gasteiger partial charge in [-0.1, -0.05) is 26.2 Å². The molecule has 1 aliphatic carbocycles. The Hall–Kier alpha value is -1.14. The summed E-state index contributed by atoms with van der Waals surface area (Å²) >= 11 is 0. The monoisotopic (exact) mass is 325 g/mol. The normalized spacial score (nSPS) is 22.7. The molecule has 1 N–H and O–H groups in total. The Labute approximate surface area is 139 Å². The number of carboxylic acids is 1. The predicted molar refractivity (Wildman–Crippen MR) is 89.4 cm³/mol. The zero-order valence-corrected chi connectivity index (χ0v) is 14.5. The molecule has 1 saturated carbocycles. The Balaban J connectivity index is 1.77. The van der Waals surface area contributed by atoms with Crippen LogP contribution in [0.4, 0.5) is 0 Å². The molecular weight excluding hydrogens is 294 g/mol. The number of rotatable bonds is 6. The van der Waals surface area contributed by atoms with Crippen LogP contribution in [0.3, 0.4) is 0 Å². The SMILES string of the molecule is CCC(C(=O)O)N1CCN(CC(=O)N(C)C2CCCCC2)CC1. The highest BCUT2D eigenvalue weighted by Gasteiger charge is 2.29. The van der Waals surface area contributed by atoms with Crippen molar-refractivity contribution in [2.45, 2.75) is 57.5 Å². The second-order valence-electron chi connectivity index (χ2n) is 6.87. The molecule has 2 rings (SSSR count). The van der Waals surface area contributed by atoms with Gasteiger partial charge in [0.2, 0.25) is 5.91 Å². The van der Waals surface area contributed by atoms with Crippen molar-refractivity contribution < 1.29 is 14.7 Å². The van der Waals surface area contributed by atoms with E-state index in [2.05, 4.69) is 4.90 Å². The lowest BCUT2D eigenvalue weighted by atomic mass is 9.94. The Morgan fingerprint density at radius 2 is 1.74 bits per heavy atom. The number of carbonyl (C=O) groups excluding carboxylic acids is 1. The van der Waals surface area contributed by atoms with E-state index in [1.807, 2.05) is 23.8 Å². The van der Waals surface area contributed by atoms with Gasteiger partial charge in [0.05, 0.1) is 6.54 Å². The minimum Gasteiger partial charge on any atom is -0.480 e. The third kappa shape index (κ3) is 4.91. The van der Waals surface area contributed by atoms with Crippen molar-refractivity contribution in [3.8, 4) is 0 Å². The van der Waals surface area contributed by atoms with E-state index in [9.17, 15) is 14.7 Å². The average molecular weight is 325 g/mol. The van der Waals surface area contributed by atoms with Crippen LogP contribution in [0.2, 0.25) is 0 Å². The number of amides is 1. The number of carboxylic acid groups (broad SMARTS) is 1. The van der Waals surface area contributed by atoms with E-state index in [-0.39, 0.29) is 5.91 Å². The van der Waals surface area contributed by atoms with Crippen molar-refractivity contribution in [2.24, 2.45) is 0 Å². The number of hydrogen-bond acceptors (Lipinski definition) is 4. The van der Waals surface area contributed by atoms with Crippen LogP contribution in [0, 0.1) is 0 Å². The largest absolute Gasteiger partial charge is 0.480 e. The van der Waals surface area contributed by atoms with Gasteiger partial charge in [0.25, 0.3) is 0 Å². The van der Waals surface area contributed by atoms with E-state index in [4.69, 9.17) is 0 Å². The first-order valence-corrected chi connectivity index (χ1v) is 8.97. The topological polar surface area (TPSA) is 64.1 Å². The zero-order valence-electron chi connectivity index (χ0n) is 14.5. The van der Waals surface area contributed by atoms with E-state index in [0.717, 1.165) is 39.0 Å². The molecule has 0 spiro atoms. The lowest BCUT2D eigenvalue weighted by Crippen LogP contribution is -2.54. The second kappa shape index (κ2) is 8.64. The number of carbonyl (C=O) groups is 2. The molecule has 0 radical (unpaired) electrons. The summed E-state index contributed by atoms with van der Waals surface area (Å²) in [6, 6.07) is 0.0202. The van der Waals surface area contributed by atoms with Crippen LogP contribution >= 0.6 is 0 Å². The minimum atomic E-state index is -0.742. The van der Waals surface area contributed by atoms with Gasteiger partial charge in [-0.25, -0.2) is 0 Å². The molecule has 6 nitrogen and oxygen atoms in total. The summed E-state index contributed by atoms with van der Waals surface area (Å²) in [5.74, 6) is -0.537. The average Bonchev–Trinajstić information content (AvgIpc) is 2.56. The van der Waals surface area contributed by atoms with Crippen LogP contribution in [0.25, 0.3) is 0 Å². The summed E-state index contributed by atoms with van der Waals surface area (Å²) in [6.07, 6.45) is 6.64. The summed E-state index contributed by atoms with van der Waals surface area (Å²) in [4.78, 5) is 29.8. The second-order valence-corrected chi connectivity index (χ2v) is 6.87. The lowest BCUT2D eigenvalue weighted by molar-refractivity contribution is -0.145. The molecule has 132 valence electrons. The van der Waals surface area contributed by atoms with E-state index in [0.29, 0.717) is 19.0 Å². The van der Waals surface area contributed by atoms with Gasteiger partial charge >= 0.3 is 5.97 Å². The van der Waals surface area contributed by atoms with Crippen LogP contribution < -0.4 is 0 Å². The van der Waals surface area contributed by atoms with Crippen LogP contribution in [-0.2, 0) is 9.59 Å². The van der Waals surface area contributed by atoms with Crippen LogP contribution in [0.1, 0.15) is 45.4 Å². The van der Waals surface area contributed by atoms with Gasteiger partial charge in [0.15, 0.2) is 0 Å². The third-order valence-corrected chi connectivity index (χ3v) is 5.39. The van der Waals surface area contributed by atoms with E-state index >= 15 is 0 Å². The number of nitrogens with zero attached hydrogens (tertiary/aromatic N) is 3. The molecule has 2 fully saturated rings. The number of aliphatic carboxylic acids is 1. The molecule has 1 atom stereocenters. The smallest absolute Gasteiger partial charge is 0.320 e. The molecular formula is C17H31N3O3. The molecule has 0 aromatic rings. The van der Waals surface area contributed by atoms with Gasteiger partial charge in [0, 0.05) is 39.3 Å². The van der Waals surface area contributed by atoms with Crippen molar-refractivity contribution in [3.63, 3.8) is 0 Å². The third-order valence-electron chi connectivity index (χ3n) is 5.39. The lowest BCUT2D eigenvalue weighted by Gasteiger charge is -2.38. The van der Waals surface area contributed by atoms with E-state index < -0.39 is 12.0 Å². The first-order chi connectivity index (χ1) is 11.0.